The number of amides is 1. The molecule has 23 heavy (non-hydrogen) atoms. The number of hydrogen-bond donors (Lipinski definition) is 2. The van der Waals surface area contributed by atoms with Gasteiger partial charge >= 0.3 is 0 Å². The second-order valence-electron chi connectivity index (χ2n) is 5.66. The highest BCUT2D eigenvalue weighted by atomic mass is 16.3. The fraction of sp³-hybridized carbons (Fsp3) is 0.471. The molecular weight excluding hydrogens is 292 g/mol. The zero-order valence-corrected chi connectivity index (χ0v) is 13.9. The van der Waals surface area contributed by atoms with Gasteiger partial charge in [0.15, 0.2) is 0 Å². The van der Waals surface area contributed by atoms with E-state index in [4.69, 9.17) is 5.11 Å². The van der Waals surface area contributed by atoms with Crippen LogP contribution in [0.3, 0.4) is 0 Å². The van der Waals surface area contributed by atoms with Crippen molar-refractivity contribution in [1.82, 2.24) is 20.1 Å². The van der Waals surface area contributed by atoms with Gasteiger partial charge in [-0.25, -0.2) is 9.67 Å². The Morgan fingerprint density at radius 2 is 2.00 bits per heavy atom. The molecule has 0 aliphatic carbocycles. The van der Waals surface area contributed by atoms with E-state index in [-0.39, 0.29) is 12.5 Å². The number of nitrogens with one attached hydrogen (secondary N) is 1. The molecule has 2 N–H and O–H groups in total. The lowest BCUT2D eigenvalue weighted by Crippen LogP contribution is -2.29. The maximum absolute atomic E-state index is 12.2. The number of aliphatic hydroxyl groups excluding tert-OH is 1. The Morgan fingerprint density at radius 1 is 1.30 bits per heavy atom. The summed E-state index contributed by atoms with van der Waals surface area (Å²) >= 11 is 0. The maximum Gasteiger partial charge on any atom is 0.251 e. The number of nitrogens with zero attached hydrogens (tertiary/aromatic N) is 3. The summed E-state index contributed by atoms with van der Waals surface area (Å²) in [6, 6.07) is 7.30. The highest BCUT2D eigenvalue weighted by molar-refractivity contribution is 5.94. The Balaban J connectivity index is 2.01. The summed E-state index contributed by atoms with van der Waals surface area (Å²) in [7, 11) is 0. The fourth-order valence-electron chi connectivity index (χ4n) is 2.49. The van der Waals surface area contributed by atoms with Crippen molar-refractivity contribution in [2.75, 3.05) is 13.2 Å². The molecule has 1 aromatic heterocycles. The van der Waals surface area contributed by atoms with E-state index in [0.717, 1.165) is 23.8 Å². The van der Waals surface area contributed by atoms with Gasteiger partial charge in [0.05, 0.1) is 5.69 Å². The molecule has 0 fully saturated rings. The number of benzene rings is 1. The van der Waals surface area contributed by atoms with Gasteiger partial charge in [0.1, 0.15) is 11.6 Å². The average Bonchev–Trinajstić information content (AvgIpc) is 2.89. The molecule has 0 aliphatic rings. The van der Waals surface area contributed by atoms with Gasteiger partial charge in [-0.15, -0.1) is 0 Å². The minimum Gasteiger partial charge on any atom is -0.396 e. The first-order chi connectivity index (χ1) is 11.0. The lowest BCUT2D eigenvalue weighted by Gasteiger charge is -2.14. The van der Waals surface area contributed by atoms with Crippen molar-refractivity contribution in [3.05, 3.63) is 41.5 Å². The number of aryl methyl sites for hydroxylation is 2. The first kappa shape index (κ1) is 17.1. The van der Waals surface area contributed by atoms with Gasteiger partial charge in [0, 0.05) is 18.7 Å². The summed E-state index contributed by atoms with van der Waals surface area (Å²) in [5.41, 5.74) is 1.49. The first-order valence-electron chi connectivity index (χ1n) is 7.95. The number of carbonyl (C=O) groups excluding carboxylic acids is 1. The van der Waals surface area contributed by atoms with Gasteiger partial charge in [-0.2, -0.15) is 5.10 Å². The standard InChI is InChI=1S/C17H24N4O2/c1-4-14(9-10-22)11-18-17(23)15-5-7-16(8-6-15)21-13(3)19-12(2)20-21/h5-8,14,22H,4,9-11H2,1-3H3,(H,18,23). The van der Waals surface area contributed by atoms with Crippen LogP contribution >= 0.6 is 0 Å². The van der Waals surface area contributed by atoms with E-state index in [9.17, 15) is 4.79 Å². The molecule has 0 aliphatic heterocycles. The quantitative estimate of drug-likeness (QED) is 0.819. The van der Waals surface area contributed by atoms with E-state index in [1.807, 2.05) is 26.0 Å². The van der Waals surface area contributed by atoms with Crippen LogP contribution in [0, 0.1) is 19.8 Å². The zero-order valence-electron chi connectivity index (χ0n) is 13.9. The summed E-state index contributed by atoms with van der Waals surface area (Å²) in [5, 5.41) is 16.2. The molecule has 1 unspecified atom stereocenters. The summed E-state index contributed by atoms with van der Waals surface area (Å²) in [6.45, 7) is 6.54. The molecule has 0 saturated heterocycles. The average molecular weight is 316 g/mol. The van der Waals surface area contributed by atoms with Crippen molar-refractivity contribution < 1.29 is 9.90 Å². The predicted molar refractivity (Wildman–Crippen MR) is 88.7 cm³/mol. The van der Waals surface area contributed by atoms with Crippen molar-refractivity contribution in [3.63, 3.8) is 0 Å². The Labute approximate surface area is 136 Å². The molecule has 2 aromatic rings. The van der Waals surface area contributed by atoms with Crippen LogP contribution in [0.2, 0.25) is 0 Å². The first-order valence-corrected chi connectivity index (χ1v) is 7.95. The molecule has 0 saturated carbocycles. The SMILES string of the molecule is CCC(CCO)CNC(=O)c1ccc(-n2nc(C)nc2C)cc1. The topological polar surface area (TPSA) is 80.0 Å². The second-order valence-corrected chi connectivity index (χ2v) is 5.66. The van der Waals surface area contributed by atoms with E-state index in [2.05, 4.69) is 22.3 Å². The molecule has 0 spiro atoms. The van der Waals surface area contributed by atoms with Crippen molar-refractivity contribution in [2.24, 2.45) is 5.92 Å². The maximum atomic E-state index is 12.2. The summed E-state index contributed by atoms with van der Waals surface area (Å²) in [5.74, 6) is 1.75. The number of aliphatic hydroxyl groups is 1. The highest BCUT2D eigenvalue weighted by Crippen LogP contribution is 2.12. The van der Waals surface area contributed by atoms with Gasteiger partial charge in [0.25, 0.3) is 5.91 Å². The van der Waals surface area contributed by atoms with Crippen molar-refractivity contribution in [2.45, 2.75) is 33.6 Å². The molecule has 1 aromatic carbocycles. The molecule has 0 bridgehead atoms. The van der Waals surface area contributed by atoms with Gasteiger partial charge in [-0.05, 0) is 50.5 Å². The van der Waals surface area contributed by atoms with Crippen molar-refractivity contribution in [1.29, 1.82) is 0 Å². The van der Waals surface area contributed by atoms with E-state index < -0.39 is 0 Å². The number of aromatic nitrogens is 3. The van der Waals surface area contributed by atoms with Gasteiger partial charge in [0.2, 0.25) is 0 Å². The molecule has 124 valence electrons. The van der Waals surface area contributed by atoms with E-state index in [1.165, 1.54) is 0 Å². The van der Waals surface area contributed by atoms with Crippen LogP contribution in [-0.4, -0.2) is 38.9 Å². The third-order valence-electron chi connectivity index (χ3n) is 3.91. The molecular formula is C17H24N4O2. The Kier molecular flexibility index (Phi) is 5.87. The molecule has 0 radical (unpaired) electrons. The van der Waals surface area contributed by atoms with Gasteiger partial charge in [-0.3, -0.25) is 4.79 Å². The molecule has 6 nitrogen and oxygen atoms in total. The predicted octanol–water partition coefficient (Wildman–Crippen LogP) is 2.02. The van der Waals surface area contributed by atoms with Crippen LogP contribution in [0.25, 0.3) is 5.69 Å². The van der Waals surface area contributed by atoms with Crippen molar-refractivity contribution >= 4 is 5.91 Å². The lowest BCUT2D eigenvalue weighted by atomic mass is 10.0. The van der Waals surface area contributed by atoms with Crippen LogP contribution in [0.15, 0.2) is 24.3 Å². The summed E-state index contributed by atoms with van der Waals surface area (Å²) in [4.78, 5) is 16.5. The third-order valence-corrected chi connectivity index (χ3v) is 3.91. The number of rotatable bonds is 7. The minimum atomic E-state index is -0.0977. The smallest absolute Gasteiger partial charge is 0.251 e. The van der Waals surface area contributed by atoms with Gasteiger partial charge in [-0.1, -0.05) is 13.3 Å². The summed E-state index contributed by atoms with van der Waals surface area (Å²) in [6.07, 6.45) is 1.64. The van der Waals surface area contributed by atoms with Crippen molar-refractivity contribution in [3.8, 4) is 5.69 Å². The number of hydrogen-bond acceptors (Lipinski definition) is 4. The Hall–Kier alpha value is -2.21. The van der Waals surface area contributed by atoms with E-state index in [1.54, 1.807) is 16.8 Å². The Bertz CT molecular complexity index is 649. The minimum absolute atomic E-state index is 0.0977. The molecule has 1 heterocycles. The fourth-order valence-corrected chi connectivity index (χ4v) is 2.49. The summed E-state index contributed by atoms with van der Waals surface area (Å²) < 4.78 is 1.76. The van der Waals surface area contributed by atoms with E-state index in [0.29, 0.717) is 24.4 Å². The molecule has 2 rings (SSSR count). The molecule has 6 heteroatoms. The van der Waals surface area contributed by atoms with E-state index >= 15 is 0 Å². The van der Waals surface area contributed by atoms with Crippen LogP contribution in [0.5, 0.6) is 0 Å². The van der Waals surface area contributed by atoms with Crippen LogP contribution < -0.4 is 5.32 Å². The third kappa shape index (κ3) is 4.39. The number of carbonyl (C=O) groups is 1. The molecule has 1 atom stereocenters. The second kappa shape index (κ2) is 7.87. The van der Waals surface area contributed by atoms with Crippen LogP contribution in [-0.2, 0) is 0 Å². The van der Waals surface area contributed by atoms with Gasteiger partial charge < -0.3 is 10.4 Å². The van der Waals surface area contributed by atoms with Crippen LogP contribution in [0.4, 0.5) is 0 Å². The lowest BCUT2D eigenvalue weighted by molar-refractivity contribution is 0.0943. The zero-order chi connectivity index (χ0) is 16.8. The monoisotopic (exact) mass is 316 g/mol. The van der Waals surface area contributed by atoms with Crippen LogP contribution in [0.1, 0.15) is 41.8 Å². The normalized spacial score (nSPS) is 12.2. The largest absolute Gasteiger partial charge is 0.396 e. The highest BCUT2D eigenvalue weighted by Gasteiger charge is 2.11. The Morgan fingerprint density at radius 3 is 2.52 bits per heavy atom. The molecule has 1 amide bonds.